The van der Waals surface area contributed by atoms with Crippen LogP contribution in [0.5, 0.6) is 5.75 Å². The molecule has 0 fully saturated rings. The molecule has 0 radical (unpaired) electrons. The van der Waals surface area contributed by atoms with E-state index in [0.29, 0.717) is 23.1 Å². The van der Waals surface area contributed by atoms with E-state index in [1.165, 1.54) is 18.2 Å². The summed E-state index contributed by atoms with van der Waals surface area (Å²) in [6, 6.07) is 6.01. The molecule has 0 aliphatic carbocycles. The molecule has 142 valence electrons. The van der Waals surface area contributed by atoms with E-state index in [2.05, 4.69) is 5.32 Å². The van der Waals surface area contributed by atoms with Crippen molar-refractivity contribution in [1.82, 2.24) is 0 Å². The Morgan fingerprint density at radius 3 is 2.33 bits per heavy atom. The Bertz CT molecular complexity index is 915. The lowest BCUT2D eigenvalue weighted by atomic mass is 10.0. The lowest BCUT2D eigenvalue weighted by Gasteiger charge is -2.18. The summed E-state index contributed by atoms with van der Waals surface area (Å²) in [5.74, 6) is 0.0444. The van der Waals surface area contributed by atoms with E-state index in [1.807, 2.05) is 0 Å². The summed E-state index contributed by atoms with van der Waals surface area (Å²) in [6.07, 6.45) is -7.45. The summed E-state index contributed by atoms with van der Waals surface area (Å²) in [4.78, 5) is 11.3. The van der Waals surface area contributed by atoms with Crippen molar-refractivity contribution < 1.29 is 35.9 Å². The van der Waals surface area contributed by atoms with Gasteiger partial charge in [-0.1, -0.05) is 24.3 Å². The molecule has 0 saturated carbocycles. The summed E-state index contributed by atoms with van der Waals surface area (Å²) in [5.41, 5.74) is -2.37. The average molecular weight is 387 g/mol. The molecule has 0 aromatic heterocycles. The number of hydrogen-bond donors (Lipinski definition) is 1. The van der Waals surface area contributed by atoms with Gasteiger partial charge in [-0.15, -0.1) is 0 Å². The van der Waals surface area contributed by atoms with E-state index in [0.717, 1.165) is 12.1 Å². The van der Waals surface area contributed by atoms with E-state index in [-0.39, 0.29) is 18.6 Å². The van der Waals surface area contributed by atoms with Crippen molar-refractivity contribution in [3.63, 3.8) is 0 Å². The molecule has 1 N–H and O–H groups in total. The molecule has 1 amide bonds. The standard InChI is InChI=1S/C18H11F6NO2/c19-17(20,21)12-5-4-11(13(8-12)18(22,23)24)3-1-10-2-6-15-14(7-10)25-16(26)9-27-15/h1-8H,9H2,(H,25,26). The number of carbonyl (C=O) groups is 1. The minimum Gasteiger partial charge on any atom is -0.482 e. The van der Waals surface area contributed by atoms with Gasteiger partial charge in [-0.2, -0.15) is 26.3 Å². The number of hydrogen-bond acceptors (Lipinski definition) is 2. The Balaban J connectivity index is 1.95. The highest BCUT2D eigenvalue weighted by molar-refractivity contribution is 5.95. The van der Waals surface area contributed by atoms with Crippen LogP contribution in [0.4, 0.5) is 32.0 Å². The second-order valence-corrected chi connectivity index (χ2v) is 5.72. The molecule has 0 atom stereocenters. The number of anilines is 1. The molecule has 1 heterocycles. The topological polar surface area (TPSA) is 38.3 Å². The molecule has 3 rings (SSSR count). The lowest BCUT2D eigenvalue weighted by Crippen LogP contribution is -2.25. The number of benzene rings is 2. The van der Waals surface area contributed by atoms with Crippen LogP contribution in [-0.2, 0) is 17.1 Å². The number of nitrogens with one attached hydrogen (secondary N) is 1. The zero-order valence-electron chi connectivity index (χ0n) is 13.4. The van der Waals surface area contributed by atoms with Crippen LogP contribution < -0.4 is 10.1 Å². The lowest BCUT2D eigenvalue weighted by molar-refractivity contribution is -0.143. The quantitative estimate of drug-likeness (QED) is 0.566. The van der Waals surface area contributed by atoms with Gasteiger partial charge in [0.1, 0.15) is 5.75 Å². The van der Waals surface area contributed by atoms with Crippen LogP contribution in [0, 0.1) is 0 Å². The van der Waals surface area contributed by atoms with Crippen molar-refractivity contribution in [1.29, 1.82) is 0 Å². The second-order valence-electron chi connectivity index (χ2n) is 5.72. The summed E-state index contributed by atoms with van der Waals surface area (Å²) in [7, 11) is 0. The predicted molar refractivity (Wildman–Crippen MR) is 85.9 cm³/mol. The van der Waals surface area contributed by atoms with Gasteiger partial charge in [-0.3, -0.25) is 4.79 Å². The van der Waals surface area contributed by atoms with Crippen molar-refractivity contribution in [3.8, 4) is 5.75 Å². The summed E-state index contributed by atoms with van der Waals surface area (Å²) in [6.45, 7) is -0.136. The minimum absolute atomic E-state index is 0.0839. The second kappa shape index (κ2) is 6.64. The monoisotopic (exact) mass is 387 g/mol. The van der Waals surface area contributed by atoms with E-state index >= 15 is 0 Å². The van der Waals surface area contributed by atoms with Gasteiger partial charge >= 0.3 is 12.4 Å². The molecule has 9 heteroatoms. The van der Waals surface area contributed by atoms with Crippen LogP contribution in [-0.4, -0.2) is 12.5 Å². The normalized spacial score (nSPS) is 14.7. The zero-order chi connectivity index (χ0) is 19.8. The first-order valence-corrected chi connectivity index (χ1v) is 7.57. The van der Waals surface area contributed by atoms with Gasteiger partial charge in [0.25, 0.3) is 5.91 Å². The molecule has 2 aromatic rings. The predicted octanol–water partition coefficient (Wildman–Crippen LogP) is 5.23. The van der Waals surface area contributed by atoms with E-state index < -0.39 is 29.0 Å². The van der Waals surface area contributed by atoms with Crippen LogP contribution in [0.15, 0.2) is 36.4 Å². The molecular weight excluding hydrogens is 376 g/mol. The highest BCUT2D eigenvalue weighted by Crippen LogP contribution is 2.38. The number of alkyl halides is 6. The minimum atomic E-state index is -4.95. The Labute approximate surface area is 149 Å². The van der Waals surface area contributed by atoms with E-state index in [9.17, 15) is 31.1 Å². The molecule has 0 saturated heterocycles. The summed E-state index contributed by atoms with van der Waals surface area (Å²) >= 11 is 0. The van der Waals surface area contributed by atoms with Crippen LogP contribution >= 0.6 is 0 Å². The number of amides is 1. The third-order valence-corrected chi connectivity index (χ3v) is 3.78. The fourth-order valence-corrected chi connectivity index (χ4v) is 2.51. The number of ether oxygens (including phenoxy) is 1. The van der Waals surface area contributed by atoms with Crippen LogP contribution in [0.2, 0.25) is 0 Å². The molecule has 0 spiro atoms. The summed E-state index contributed by atoms with van der Waals surface area (Å²) < 4.78 is 82.7. The number of rotatable bonds is 2. The van der Waals surface area contributed by atoms with Gasteiger partial charge < -0.3 is 10.1 Å². The Morgan fingerprint density at radius 1 is 0.926 bits per heavy atom. The fourth-order valence-electron chi connectivity index (χ4n) is 2.51. The maximum Gasteiger partial charge on any atom is 0.417 e. The number of carbonyl (C=O) groups excluding carboxylic acids is 1. The van der Waals surface area contributed by atoms with Gasteiger partial charge in [-0.25, -0.2) is 0 Å². The van der Waals surface area contributed by atoms with E-state index in [4.69, 9.17) is 4.74 Å². The van der Waals surface area contributed by atoms with Gasteiger partial charge in [0.15, 0.2) is 6.61 Å². The third-order valence-electron chi connectivity index (χ3n) is 3.78. The van der Waals surface area contributed by atoms with Crippen LogP contribution in [0.1, 0.15) is 22.3 Å². The molecule has 0 bridgehead atoms. The SMILES string of the molecule is O=C1COc2ccc(C=Cc3ccc(C(F)(F)F)cc3C(F)(F)F)cc2N1. The van der Waals surface area contributed by atoms with Crippen molar-refractivity contribution in [3.05, 3.63) is 58.7 Å². The van der Waals surface area contributed by atoms with E-state index in [1.54, 1.807) is 6.07 Å². The van der Waals surface area contributed by atoms with Crippen LogP contribution in [0.25, 0.3) is 12.2 Å². The first kappa shape index (κ1) is 18.8. The Morgan fingerprint density at radius 2 is 1.67 bits per heavy atom. The van der Waals surface area contributed by atoms with Gasteiger partial charge in [0.2, 0.25) is 0 Å². The van der Waals surface area contributed by atoms with Gasteiger partial charge in [0, 0.05) is 0 Å². The number of halogens is 6. The fraction of sp³-hybridized carbons (Fsp3) is 0.167. The molecule has 3 nitrogen and oxygen atoms in total. The first-order valence-electron chi connectivity index (χ1n) is 7.57. The van der Waals surface area contributed by atoms with Gasteiger partial charge in [0.05, 0.1) is 16.8 Å². The molecule has 1 aliphatic heterocycles. The first-order chi connectivity index (χ1) is 12.5. The number of fused-ring (bicyclic) bond motifs is 1. The van der Waals surface area contributed by atoms with Crippen molar-refractivity contribution in [2.75, 3.05) is 11.9 Å². The molecule has 1 aliphatic rings. The Kier molecular flexibility index (Phi) is 4.63. The van der Waals surface area contributed by atoms with Crippen LogP contribution in [0.3, 0.4) is 0 Å². The molecule has 0 unspecified atom stereocenters. The highest BCUT2D eigenvalue weighted by atomic mass is 19.4. The maximum absolute atomic E-state index is 13.1. The molecule has 2 aromatic carbocycles. The summed E-state index contributed by atoms with van der Waals surface area (Å²) in [5, 5.41) is 2.56. The maximum atomic E-state index is 13.1. The van der Waals surface area contributed by atoms with Crippen molar-refractivity contribution in [2.45, 2.75) is 12.4 Å². The molecular formula is C18H11F6NO2. The third kappa shape index (κ3) is 4.24. The van der Waals surface area contributed by atoms with Crippen molar-refractivity contribution >= 4 is 23.7 Å². The Hall–Kier alpha value is -2.97. The van der Waals surface area contributed by atoms with Crippen molar-refractivity contribution in [2.24, 2.45) is 0 Å². The van der Waals surface area contributed by atoms with Gasteiger partial charge in [-0.05, 0) is 35.4 Å². The smallest absolute Gasteiger partial charge is 0.417 e. The largest absolute Gasteiger partial charge is 0.482 e. The molecule has 27 heavy (non-hydrogen) atoms. The average Bonchev–Trinajstić information content (AvgIpc) is 2.57. The zero-order valence-corrected chi connectivity index (χ0v) is 13.4. The highest BCUT2D eigenvalue weighted by Gasteiger charge is 2.37.